The van der Waals surface area contributed by atoms with Gasteiger partial charge in [0.2, 0.25) is 0 Å². The maximum atomic E-state index is 11.0. The minimum Gasteiger partial charge on any atom is -0.459 e. The van der Waals surface area contributed by atoms with Crippen LogP contribution in [0.4, 0.5) is 0 Å². The third-order valence-electron chi connectivity index (χ3n) is 1.47. The van der Waals surface area contributed by atoms with Crippen molar-refractivity contribution >= 4 is 11.9 Å². The molecular formula is C10H14O6. The average Bonchev–Trinajstić information content (AvgIpc) is 2.30. The molecule has 0 saturated heterocycles. The first-order chi connectivity index (χ1) is 7.54. The zero-order valence-corrected chi connectivity index (χ0v) is 8.67. The molecule has 2 N–H and O–H groups in total. The minimum absolute atomic E-state index is 0.121. The molecule has 0 rings (SSSR count). The smallest absolute Gasteiger partial charge is 0.338 e. The lowest BCUT2D eigenvalue weighted by atomic mass is 10.2. The van der Waals surface area contributed by atoms with Gasteiger partial charge in [-0.2, -0.15) is 0 Å². The number of ether oxygens (including phenoxy) is 2. The largest absolute Gasteiger partial charge is 0.459 e. The van der Waals surface area contributed by atoms with Gasteiger partial charge in [-0.15, -0.1) is 0 Å². The summed E-state index contributed by atoms with van der Waals surface area (Å²) in [4.78, 5) is 22.0. The summed E-state index contributed by atoms with van der Waals surface area (Å²) in [6.45, 7) is 6.34. The molecule has 0 aromatic heterocycles. The highest BCUT2D eigenvalue weighted by molar-refractivity contribution is 5.85. The Morgan fingerprint density at radius 3 is 1.56 bits per heavy atom. The summed E-state index contributed by atoms with van der Waals surface area (Å²) < 4.78 is 8.87. The highest BCUT2D eigenvalue weighted by Crippen LogP contribution is 2.00. The summed E-state index contributed by atoms with van der Waals surface area (Å²) in [5.41, 5.74) is 0. The molecule has 0 unspecified atom stereocenters. The molecule has 90 valence electrons. The highest BCUT2D eigenvalue weighted by Gasteiger charge is 2.32. The molecule has 0 amide bonds. The van der Waals surface area contributed by atoms with Gasteiger partial charge in [0.25, 0.3) is 0 Å². The molecule has 0 aliphatic heterocycles. The second-order valence-corrected chi connectivity index (χ2v) is 2.73. The second-order valence-electron chi connectivity index (χ2n) is 2.73. The molecule has 2 atom stereocenters. The molecule has 0 aliphatic carbocycles. The molecule has 0 heterocycles. The molecule has 0 aromatic carbocycles. The van der Waals surface area contributed by atoms with Crippen molar-refractivity contribution in [2.45, 2.75) is 12.2 Å². The van der Waals surface area contributed by atoms with Crippen LogP contribution in [0.2, 0.25) is 0 Å². The van der Waals surface area contributed by atoms with E-state index in [9.17, 15) is 19.8 Å². The fourth-order valence-corrected chi connectivity index (χ4v) is 0.711. The molecule has 0 saturated carbocycles. The van der Waals surface area contributed by atoms with Crippen LogP contribution >= 0.6 is 0 Å². The molecule has 0 aliphatic rings. The number of hydrogen-bond donors (Lipinski definition) is 2. The number of carbonyl (C=O) groups is 2. The zero-order chi connectivity index (χ0) is 12.6. The van der Waals surface area contributed by atoms with Gasteiger partial charge in [-0.25, -0.2) is 9.59 Å². The lowest BCUT2D eigenvalue weighted by Gasteiger charge is -2.14. The van der Waals surface area contributed by atoms with Crippen molar-refractivity contribution in [1.82, 2.24) is 0 Å². The molecule has 6 nitrogen and oxygen atoms in total. The normalized spacial score (nSPS) is 13.4. The van der Waals surface area contributed by atoms with Gasteiger partial charge in [0.1, 0.15) is 13.2 Å². The van der Waals surface area contributed by atoms with Crippen LogP contribution in [0.15, 0.2) is 25.3 Å². The van der Waals surface area contributed by atoms with Gasteiger partial charge in [0, 0.05) is 0 Å². The molecule has 16 heavy (non-hydrogen) atoms. The van der Waals surface area contributed by atoms with Crippen molar-refractivity contribution < 1.29 is 29.3 Å². The van der Waals surface area contributed by atoms with Crippen LogP contribution in [0.25, 0.3) is 0 Å². The van der Waals surface area contributed by atoms with E-state index >= 15 is 0 Å². The molecule has 6 heteroatoms. The predicted molar refractivity (Wildman–Crippen MR) is 54.3 cm³/mol. The van der Waals surface area contributed by atoms with Gasteiger partial charge in [-0.05, 0) is 0 Å². The Balaban J connectivity index is 4.19. The molecule has 0 radical (unpaired) electrons. The first kappa shape index (κ1) is 14.3. The number of carbonyl (C=O) groups excluding carboxylic acids is 2. The van der Waals surface area contributed by atoms with E-state index in [4.69, 9.17) is 0 Å². The van der Waals surface area contributed by atoms with Crippen LogP contribution in [-0.2, 0) is 19.1 Å². The number of aliphatic hydroxyl groups is 2. The van der Waals surface area contributed by atoms with E-state index in [0.29, 0.717) is 0 Å². The van der Waals surface area contributed by atoms with Gasteiger partial charge >= 0.3 is 11.9 Å². The van der Waals surface area contributed by atoms with Gasteiger partial charge < -0.3 is 19.7 Å². The van der Waals surface area contributed by atoms with E-state index in [0.717, 1.165) is 0 Å². The first-order valence-corrected chi connectivity index (χ1v) is 4.45. The number of esters is 2. The second kappa shape index (κ2) is 7.61. The summed E-state index contributed by atoms with van der Waals surface area (Å²) in [6.07, 6.45) is -1.38. The minimum atomic E-state index is -1.97. The first-order valence-electron chi connectivity index (χ1n) is 4.45. The van der Waals surface area contributed by atoms with E-state index in [-0.39, 0.29) is 13.2 Å². The van der Waals surface area contributed by atoms with E-state index in [1.54, 1.807) is 0 Å². The summed E-state index contributed by atoms with van der Waals surface area (Å²) in [7, 11) is 0. The maximum Gasteiger partial charge on any atom is 0.338 e. The van der Waals surface area contributed by atoms with Gasteiger partial charge in [-0.1, -0.05) is 25.3 Å². The van der Waals surface area contributed by atoms with Crippen LogP contribution in [-0.4, -0.2) is 47.6 Å². The fourth-order valence-electron chi connectivity index (χ4n) is 0.711. The fraction of sp³-hybridized carbons (Fsp3) is 0.400. The van der Waals surface area contributed by atoms with Crippen LogP contribution in [0, 0.1) is 0 Å². The Hall–Kier alpha value is -1.66. The highest BCUT2D eigenvalue weighted by atomic mass is 16.6. The van der Waals surface area contributed by atoms with E-state index < -0.39 is 24.1 Å². The third kappa shape index (κ3) is 4.72. The zero-order valence-electron chi connectivity index (χ0n) is 8.67. The van der Waals surface area contributed by atoms with Crippen molar-refractivity contribution in [3.8, 4) is 0 Å². The van der Waals surface area contributed by atoms with Crippen molar-refractivity contribution in [3.63, 3.8) is 0 Å². The van der Waals surface area contributed by atoms with E-state index in [1.165, 1.54) is 12.2 Å². The van der Waals surface area contributed by atoms with Gasteiger partial charge in [-0.3, -0.25) is 0 Å². The molecular weight excluding hydrogens is 216 g/mol. The summed E-state index contributed by atoms with van der Waals surface area (Å²) in [5.74, 6) is -2.24. The van der Waals surface area contributed by atoms with Crippen LogP contribution in [0.1, 0.15) is 0 Å². The number of rotatable bonds is 7. The van der Waals surface area contributed by atoms with Crippen LogP contribution < -0.4 is 0 Å². The Morgan fingerprint density at radius 1 is 1.00 bits per heavy atom. The Bertz CT molecular complexity index is 244. The summed E-state index contributed by atoms with van der Waals surface area (Å²) in [5, 5.41) is 18.4. The van der Waals surface area contributed by atoms with E-state index in [1.807, 2.05) is 0 Å². The lowest BCUT2D eigenvalue weighted by molar-refractivity contribution is -0.171. The van der Waals surface area contributed by atoms with Crippen LogP contribution in [0.5, 0.6) is 0 Å². The quantitative estimate of drug-likeness (QED) is 0.438. The molecule has 0 aromatic rings. The Labute approximate surface area is 92.8 Å². The lowest BCUT2D eigenvalue weighted by Crippen LogP contribution is -2.41. The monoisotopic (exact) mass is 230 g/mol. The van der Waals surface area contributed by atoms with Crippen LogP contribution in [0.3, 0.4) is 0 Å². The van der Waals surface area contributed by atoms with Crippen molar-refractivity contribution in [3.05, 3.63) is 25.3 Å². The molecule has 0 spiro atoms. The number of hydrogen-bond acceptors (Lipinski definition) is 6. The topological polar surface area (TPSA) is 93.1 Å². The SMILES string of the molecule is C=CCOC(=O)[C@@H](O)[C@H](O)C(=O)OCC=C. The average molecular weight is 230 g/mol. The third-order valence-corrected chi connectivity index (χ3v) is 1.47. The maximum absolute atomic E-state index is 11.0. The molecule has 0 fully saturated rings. The summed E-state index contributed by atoms with van der Waals surface area (Å²) >= 11 is 0. The standard InChI is InChI=1S/C10H14O6/c1-3-5-15-9(13)7(11)8(12)10(14)16-6-4-2/h3-4,7-8,11-12H,1-2,5-6H2/t7-,8-/m0/s1. The van der Waals surface area contributed by atoms with E-state index in [2.05, 4.69) is 22.6 Å². The molecule has 0 bridgehead atoms. The summed E-state index contributed by atoms with van der Waals surface area (Å²) in [6, 6.07) is 0. The Kier molecular flexibility index (Phi) is 6.82. The van der Waals surface area contributed by atoms with Crippen molar-refractivity contribution in [2.75, 3.05) is 13.2 Å². The van der Waals surface area contributed by atoms with Crippen molar-refractivity contribution in [2.24, 2.45) is 0 Å². The predicted octanol–water partition coefficient (Wildman–Crippen LogP) is -0.833. The van der Waals surface area contributed by atoms with Gasteiger partial charge in [0.05, 0.1) is 0 Å². The Morgan fingerprint density at radius 2 is 1.31 bits per heavy atom. The van der Waals surface area contributed by atoms with Crippen molar-refractivity contribution in [1.29, 1.82) is 0 Å². The van der Waals surface area contributed by atoms with Gasteiger partial charge in [0.15, 0.2) is 12.2 Å². The number of aliphatic hydroxyl groups excluding tert-OH is 2.